The van der Waals surface area contributed by atoms with Gasteiger partial charge in [0.15, 0.2) is 20.8 Å². The highest BCUT2D eigenvalue weighted by Crippen LogP contribution is 2.28. The Morgan fingerprint density at radius 2 is 2.04 bits per heavy atom. The monoisotopic (exact) mass is 408 g/mol. The van der Waals surface area contributed by atoms with Gasteiger partial charge in [0.2, 0.25) is 5.91 Å². The van der Waals surface area contributed by atoms with Gasteiger partial charge in [0.1, 0.15) is 0 Å². The molecule has 0 saturated carbocycles. The summed E-state index contributed by atoms with van der Waals surface area (Å²) in [5.41, 5.74) is 2.11. The molecule has 0 aliphatic carbocycles. The normalized spacial score (nSPS) is 19.8. The molecule has 0 N–H and O–H groups in total. The number of amides is 1. The number of thioether (sulfide) groups is 1. The summed E-state index contributed by atoms with van der Waals surface area (Å²) in [6, 6.07) is 7.71. The zero-order valence-electron chi connectivity index (χ0n) is 15.9. The van der Waals surface area contributed by atoms with Gasteiger partial charge in [0.25, 0.3) is 0 Å². The summed E-state index contributed by atoms with van der Waals surface area (Å²) in [6.45, 7) is 3.84. The van der Waals surface area contributed by atoms with E-state index in [1.165, 1.54) is 11.8 Å². The van der Waals surface area contributed by atoms with Gasteiger partial charge in [-0.25, -0.2) is 8.42 Å². The molecule has 0 unspecified atom stereocenters. The van der Waals surface area contributed by atoms with Gasteiger partial charge in [-0.05, 0) is 25.8 Å². The van der Waals surface area contributed by atoms with Gasteiger partial charge in [0.05, 0.1) is 16.8 Å². The Morgan fingerprint density at radius 3 is 2.67 bits per heavy atom. The average molecular weight is 409 g/mol. The molecule has 0 spiro atoms. The van der Waals surface area contributed by atoms with E-state index in [0.29, 0.717) is 11.6 Å². The molecule has 146 valence electrons. The predicted octanol–water partition coefficient (Wildman–Crippen LogP) is 1.92. The van der Waals surface area contributed by atoms with Crippen molar-refractivity contribution in [2.45, 2.75) is 36.7 Å². The van der Waals surface area contributed by atoms with Crippen molar-refractivity contribution in [3.8, 4) is 11.4 Å². The smallest absolute Gasteiger partial charge is 0.235 e. The Morgan fingerprint density at radius 1 is 1.33 bits per heavy atom. The fraction of sp³-hybridized carbons (Fsp3) is 0.500. The van der Waals surface area contributed by atoms with E-state index in [9.17, 15) is 13.2 Å². The highest BCUT2D eigenvalue weighted by atomic mass is 32.2. The molecule has 1 fully saturated rings. The second-order valence-corrected chi connectivity index (χ2v) is 10.5. The number of aromatic nitrogens is 3. The van der Waals surface area contributed by atoms with Gasteiger partial charge in [-0.2, -0.15) is 0 Å². The molecule has 0 bridgehead atoms. The molecule has 1 aromatic carbocycles. The van der Waals surface area contributed by atoms with E-state index in [1.807, 2.05) is 49.7 Å². The van der Waals surface area contributed by atoms with Crippen LogP contribution in [0.25, 0.3) is 11.4 Å². The first-order valence-corrected chi connectivity index (χ1v) is 11.5. The van der Waals surface area contributed by atoms with Crippen molar-refractivity contribution in [2.75, 3.05) is 18.6 Å². The number of aryl methyl sites for hydroxylation is 1. The summed E-state index contributed by atoms with van der Waals surface area (Å²) < 4.78 is 25.2. The molecule has 1 saturated heterocycles. The first kappa shape index (κ1) is 19.9. The van der Waals surface area contributed by atoms with Crippen LogP contribution in [0.3, 0.4) is 0 Å². The first-order valence-electron chi connectivity index (χ1n) is 8.79. The third-order valence-electron chi connectivity index (χ3n) is 4.95. The molecule has 2 aromatic rings. The number of hydrogen-bond acceptors (Lipinski definition) is 6. The molecule has 7 nitrogen and oxygen atoms in total. The molecule has 0 radical (unpaired) electrons. The SMILES string of the molecule is Cc1ccccc1-c1nnc(S[C@@H](C)C(=O)N(C)[C@@H]2CCS(=O)(=O)C2)n1C. The van der Waals surface area contributed by atoms with Crippen molar-refractivity contribution in [3.05, 3.63) is 29.8 Å². The fourth-order valence-electron chi connectivity index (χ4n) is 3.23. The van der Waals surface area contributed by atoms with Crippen molar-refractivity contribution in [2.24, 2.45) is 7.05 Å². The lowest BCUT2D eigenvalue weighted by Crippen LogP contribution is -2.41. The molecule has 2 atom stereocenters. The van der Waals surface area contributed by atoms with Crippen molar-refractivity contribution in [3.63, 3.8) is 0 Å². The number of benzene rings is 1. The molecule has 1 aliphatic heterocycles. The van der Waals surface area contributed by atoms with E-state index in [4.69, 9.17) is 0 Å². The van der Waals surface area contributed by atoms with Crippen LogP contribution >= 0.6 is 11.8 Å². The maximum Gasteiger partial charge on any atom is 0.235 e. The topological polar surface area (TPSA) is 85.2 Å². The molecule has 1 aromatic heterocycles. The Hall–Kier alpha value is -1.87. The van der Waals surface area contributed by atoms with Crippen molar-refractivity contribution >= 4 is 27.5 Å². The molecule has 1 aliphatic rings. The van der Waals surface area contributed by atoms with Gasteiger partial charge in [-0.3, -0.25) is 4.79 Å². The van der Waals surface area contributed by atoms with Crippen molar-refractivity contribution in [1.82, 2.24) is 19.7 Å². The van der Waals surface area contributed by atoms with Crippen LogP contribution in [0.2, 0.25) is 0 Å². The van der Waals surface area contributed by atoms with Crippen LogP contribution < -0.4 is 0 Å². The minimum absolute atomic E-state index is 0.0496. The van der Waals surface area contributed by atoms with Crippen LogP contribution in [0.4, 0.5) is 0 Å². The molecule has 2 heterocycles. The molecule has 1 amide bonds. The van der Waals surface area contributed by atoms with Gasteiger partial charge in [0, 0.05) is 25.7 Å². The third kappa shape index (κ3) is 4.19. The van der Waals surface area contributed by atoms with Crippen LogP contribution in [0.1, 0.15) is 18.9 Å². The number of nitrogens with zero attached hydrogens (tertiary/aromatic N) is 4. The van der Waals surface area contributed by atoms with E-state index in [1.54, 1.807) is 11.9 Å². The average Bonchev–Trinajstić information content (AvgIpc) is 3.17. The Labute approximate surface area is 164 Å². The summed E-state index contributed by atoms with van der Waals surface area (Å²) >= 11 is 1.34. The van der Waals surface area contributed by atoms with Gasteiger partial charge >= 0.3 is 0 Å². The van der Waals surface area contributed by atoms with Crippen molar-refractivity contribution in [1.29, 1.82) is 0 Å². The number of carbonyl (C=O) groups excluding carboxylic acids is 1. The van der Waals surface area contributed by atoms with Crippen LogP contribution in [-0.2, 0) is 21.7 Å². The van der Waals surface area contributed by atoms with Gasteiger partial charge in [-0.15, -0.1) is 10.2 Å². The summed E-state index contributed by atoms with van der Waals surface area (Å²) in [6.07, 6.45) is 0.503. The summed E-state index contributed by atoms with van der Waals surface area (Å²) in [4.78, 5) is 14.3. The minimum Gasteiger partial charge on any atom is -0.341 e. The minimum atomic E-state index is -3.02. The summed E-state index contributed by atoms with van der Waals surface area (Å²) in [5, 5.41) is 8.80. The third-order valence-corrected chi connectivity index (χ3v) is 7.83. The van der Waals surface area contributed by atoms with E-state index >= 15 is 0 Å². The molecule has 27 heavy (non-hydrogen) atoms. The molecule has 9 heteroatoms. The maximum atomic E-state index is 12.7. The second kappa shape index (κ2) is 7.63. The number of sulfone groups is 1. The largest absolute Gasteiger partial charge is 0.341 e. The Kier molecular flexibility index (Phi) is 5.62. The highest BCUT2D eigenvalue weighted by molar-refractivity contribution is 8.00. The van der Waals surface area contributed by atoms with Crippen LogP contribution in [-0.4, -0.2) is 63.8 Å². The van der Waals surface area contributed by atoms with Crippen LogP contribution in [0.5, 0.6) is 0 Å². The lowest BCUT2D eigenvalue weighted by Gasteiger charge is -2.26. The lowest BCUT2D eigenvalue weighted by atomic mass is 10.1. The molecular weight excluding hydrogens is 384 g/mol. The number of rotatable bonds is 5. The molecular formula is C18H24N4O3S2. The second-order valence-electron chi connectivity index (χ2n) is 6.95. The number of hydrogen-bond donors (Lipinski definition) is 0. The first-order chi connectivity index (χ1) is 12.7. The molecule has 3 rings (SSSR count). The number of carbonyl (C=O) groups is 1. The van der Waals surface area contributed by atoms with E-state index in [2.05, 4.69) is 10.2 Å². The highest BCUT2D eigenvalue weighted by Gasteiger charge is 2.34. The van der Waals surface area contributed by atoms with E-state index in [0.717, 1.165) is 17.0 Å². The summed E-state index contributed by atoms with van der Waals surface area (Å²) in [7, 11) is 0.541. The zero-order valence-corrected chi connectivity index (χ0v) is 17.5. The standard InChI is InChI=1S/C18H24N4O3S2/c1-12-7-5-6-8-15(12)16-19-20-18(22(16)4)26-13(2)17(23)21(3)14-9-10-27(24,25)11-14/h5-8,13-14H,9-11H2,1-4H3/t13-,14+/m0/s1. The van der Waals surface area contributed by atoms with Crippen LogP contribution in [0, 0.1) is 6.92 Å². The predicted molar refractivity (Wildman–Crippen MR) is 106 cm³/mol. The van der Waals surface area contributed by atoms with E-state index < -0.39 is 9.84 Å². The maximum absolute atomic E-state index is 12.7. The quantitative estimate of drug-likeness (QED) is 0.703. The van der Waals surface area contributed by atoms with Crippen LogP contribution in [0.15, 0.2) is 29.4 Å². The van der Waals surface area contributed by atoms with Gasteiger partial charge in [-0.1, -0.05) is 36.0 Å². The fourth-order valence-corrected chi connectivity index (χ4v) is 5.92. The van der Waals surface area contributed by atoms with Gasteiger partial charge < -0.3 is 9.47 Å². The zero-order chi connectivity index (χ0) is 19.8. The lowest BCUT2D eigenvalue weighted by molar-refractivity contribution is -0.130. The van der Waals surface area contributed by atoms with E-state index in [-0.39, 0.29) is 28.7 Å². The Bertz CT molecular complexity index is 955. The van der Waals surface area contributed by atoms with Crippen molar-refractivity contribution < 1.29 is 13.2 Å². The summed E-state index contributed by atoms with van der Waals surface area (Å²) in [5.74, 6) is 0.862. The Balaban J connectivity index is 1.72.